The second-order valence-corrected chi connectivity index (χ2v) is 5.90. The van der Waals surface area contributed by atoms with Gasteiger partial charge in [-0.15, -0.1) is 0 Å². The van der Waals surface area contributed by atoms with Crippen LogP contribution in [-0.2, 0) is 4.79 Å². The van der Waals surface area contributed by atoms with Crippen LogP contribution in [0.15, 0.2) is 22.7 Å². The molecule has 0 radical (unpaired) electrons. The first-order chi connectivity index (χ1) is 9.04. The normalized spacial score (nSPS) is 22.3. The Morgan fingerprint density at radius 2 is 2.32 bits per heavy atom. The standard InChI is InChI=1S/C14H17BrFNO2/c1-9-2-4-11(6-9)17-14(18)8-19-13-5-3-10(16)7-12(13)15/h3,5,7,9,11H,2,4,6,8H2,1H3,(H,17,18). The van der Waals surface area contributed by atoms with Crippen molar-refractivity contribution in [1.82, 2.24) is 5.32 Å². The number of carbonyl (C=O) groups excluding carboxylic acids is 1. The zero-order valence-electron chi connectivity index (χ0n) is 10.8. The summed E-state index contributed by atoms with van der Waals surface area (Å²) in [6.07, 6.45) is 3.23. The van der Waals surface area contributed by atoms with Crippen LogP contribution in [-0.4, -0.2) is 18.6 Å². The molecule has 2 atom stereocenters. The smallest absolute Gasteiger partial charge is 0.258 e. The predicted octanol–water partition coefficient (Wildman–Crippen LogP) is 3.27. The van der Waals surface area contributed by atoms with Gasteiger partial charge in [0.1, 0.15) is 11.6 Å². The lowest BCUT2D eigenvalue weighted by molar-refractivity contribution is -0.123. The van der Waals surface area contributed by atoms with Gasteiger partial charge in [0.05, 0.1) is 4.47 Å². The van der Waals surface area contributed by atoms with Gasteiger partial charge in [-0.1, -0.05) is 6.92 Å². The molecule has 2 rings (SSSR count). The molecule has 1 aromatic rings. The third-order valence-electron chi connectivity index (χ3n) is 3.31. The molecule has 3 nitrogen and oxygen atoms in total. The number of rotatable bonds is 4. The SMILES string of the molecule is CC1CCC(NC(=O)COc2ccc(F)cc2Br)C1. The molecule has 0 saturated heterocycles. The summed E-state index contributed by atoms with van der Waals surface area (Å²) in [6, 6.07) is 4.38. The quantitative estimate of drug-likeness (QED) is 0.920. The van der Waals surface area contributed by atoms with Crippen LogP contribution in [0, 0.1) is 11.7 Å². The summed E-state index contributed by atoms with van der Waals surface area (Å²) in [4.78, 5) is 11.7. The summed E-state index contributed by atoms with van der Waals surface area (Å²) in [7, 11) is 0. The van der Waals surface area contributed by atoms with E-state index in [-0.39, 0.29) is 24.4 Å². The topological polar surface area (TPSA) is 38.3 Å². The number of nitrogens with one attached hydrogen (secondary N) is 1. The maximum Gasteiger partial charge on any atom is 0.258 e. The van der Waals surface area contributed by atoms with Crippen LogP contribution in [0.5, 0.6) is 5.75 Å². The van der Waals surface area contributed by atoms with E-state index in [0.29, 0.717) is 16.1 Å². The van der Waals surface area contributed by atoms with Crippen molar-refractivity contribution in [3.8, 4) is 5.75 Å². The van der Waals surface area contributed by atoms with Gasteiger partial charge in [0, 0.05) is 6.04 Å². The molecule has 0 bridgehead atoms. The van der Waals surface area contributed by atoms with E-state index >= 15 is 0 Å². The fourth-order valence-electron chi connectivity index (χ4n) is 2.34. The average molecular weight is 330 g/mol. The fraction of sp³-hybridized carbons (Fsp3) is 0.500. The van der Waals surface area contributed by atoms with Crippen LogP contribution >= 0.6 is 15.9 Å². The molecule has 1 amide bonds. The highest BCUT2D eigenvalue weighted by Gasteiger charge is 2.22. The van der Waals surface area contributed by atoms with Gasteiger partial charge < -0.3 is 10.1 Å². The molecule has 1 saturated carbocycles. The number of ether oxygens (including phenoxy) is 1. The lowest BCUT2D eigenvalue weighted by Crippen LogP contribution is -2.36. The first kappa shape index (κ1) is 14.3. The van der Waals surface area contributed by atoms with E-state index in [9.17, 15) is 9.18 Å². The van der Waals surface area contributed by atoms with Crippen molar-refractivity contribution in [2.75, 3.05) is 6.61 Å². The van der Waals surface area contributed by atoms with E-state index in [2.05, 4.69) is 28.2 Å². The summed E-state index contributed by atoms with van der Waals surface area (Å²) in [5.41, 5.74) is 0. The molecule has 0 aliphatic heterocycles. The van der Waals surface area contributed by atoms with Gasteiger partial charge in [0.2, 0.25) is 0 Å². The zero-order chi connectivity index (χ0) is 13.8. The van der Waals surface area contributed by atoms with Gasteiger partial charge in [0.25, 0.3) is 5.91 Å². The fourth-order valence-corrected chi connectivity index (χ4v) is 2.81. The van der Waals surface area contributed by atoms with Gasteiger partial charge in [-0.25, -0.2) is 4.39 Å². The van der Waals surface area contributed by atoms with E-state index in [1.165, 1.54) is 18.2 Å². The van der Waals surface area contributed by atoms with Crippen molar-refractivity contribution >= 4 is 21.8 Å². The summed E-state index contributed by atoms with van der Waals surface area (Å²) in [6.45, 7) is 2.15. The number of hydrogen-bond acceptors (Lipinski definition) is 2. The molecular formula is C14H17BrFNO2. The lowest BCUT2D eigenvalue weighted by Gasteiger charge is -2.13. The van der Waals surface area contributed by atoms with E-state index in [1.54, 1.807) is 0 Å². The Morgan fingerprint density at radius 3 is 2.95 bits per heavy atom. The van der Waals surface area contributed by atoms with Crippen molar-refractivity contribution in [2.45, 2.75) is 32.2 Å². The molecule has 0 heterocycles. The molecule has 2 unspecified atom stereocenters. The third kappa shape index (κ3) is 4.20. The number of benzene rings is 1. The van der Waals surface area contributed by atoms with Crippen LogP contribution < -0.4 is 10.1 Å². The molecule has 1 fully saturated rings. The maximum atomic E-state index is 12.9. The second-order valence-electron chi connectivity index (χ2n) is 5.05. The first-order valence-corrected chi connectivity index (χ1v) is 7.21. The minimum absolute atomic E-state index is 0.0465. The highest BCUT2D eigenvalue weighted by atomic mass is 79.9. The number of hydrogen-bond donors (Lipinski definition) is 1. The first-order valence-electron chi connectivity index (χ1n) is 6.42. The van der Waals surface area contributed by atoms with Crippen LogP contribution in [0.25, 0.3) is 0 Å². The number of amides is 1. The molecular weight excluding hydrogens is 313 g/mol. The Kier molecular flexibility index (Phi) is 4.80. The molecule has 1 N–H and O–H groups in total. The minimum atomic E-state index is -0.344. The summed E-state index contributed by atoms with van der Waals surface area (Å²) in [5.74, 6) is 0.674. The van der Waals surface area contributed by atoms with Gasteiger partial charge >= 0.3 is 0 Å². The van der Waals surface area contributed by atoms with E-state index in [4.69, 9.17) is 4.74 Å². The monoisotopic (exact) mass is 329 g/mol. The van der Waals surface area contributed by atoms with Crippen molar-refractivity contribution in [3.05, 3.63) is 28.5 Å². The molecule has 104 valence electrons. The van der Waals surface area contributed by atoms with Gasteiger partial charge in [-0.2, -0.15) is 0 Å². The Bertz CT molecular complexity index is 467. The Balaban J connectivity index is 1.80. The number of halogens is 2. The highest BCUT2D eigenvalue weighted by Crippen LogP contribution is 2.26. The van der Waals surface area contributed by atoms with E-state index in [0.717, 1.165) is 19.3 Å². The zero-order valence-corrected chi connectivity index (χ0v) is 12.4. The average Bonchev–Trinajstić information content (AvgIpc) is 2.73. The Morgan fingerprint density at radius 1 is 1.53 bits per heavy atom. The van der Waals surface area contributed by atoms with Gasteiger partial charge in [-0.05, 0) is 59.3 Å². The van der Waals surface area contributed by atoms with Crippen molar-refractivity contribution < 1.29 is 13.9 Å². The number of carbonyl (C=O) groups is 1. The molecule has 19 heavy (non-hydrogen) atoms. The molecule has 1 aliphatic carbocycles. The van der Waals surface area contributed by atoms with Crippen LogP contribution in [0.1, 0.15) is 26.2 Å². The van der Waals surface area contributed by atoms with Crippen LogP contribution in [0.4, 0.5) is 4.39 Å². The van der Waals surface area contributed by atoms with Crippen LogP contribution in [0.2, 0.25) is 0 Å². The second kappa shape index (κ2) is 6.37. The third-order valence-corrected chi connectivity index (χ3v) is 3.93. The molecule has 1 aliphatic rings. The molecule has 1 aromatic carbocycles. The van der Waals surface area contributed by atoms with Crippen molar-refractivity contribution in [1.29, 1.82) is 0 Å². The minimum Gasteiger partial charge on any atom is -0.483 e. The summed E-state index contributed by atoms with van der Waals surface area (Å²) < 4.78 is 18.8. The van der Waals surface area contributed by atoms with Crippen molar-refractivity contribution in [3.63, 3.8) is 0 Å². The summed E-state index contributed by atoms with van der Waals surface area (Å²) >= 11 is 3.20. The highest BCUT2D eigenvalue weighted by molar-refractivity contribution is 9.10. The van der Waals surface area contributed by atoms with Gasteiger partial charge in [0.15, 0.2) is 6.61 Å². The van der Waals surface area contributed by atoms with Gasteiger partial charge in [-0.3, -0.25) is 4.79 Å². The van der Waals surface area contributed by atoms with Crippen LogP contribution in [0.3, 0.4) is 0 Å². The predicted molar refractivity (Wildman–Crippen MR) is 74.5 cm³/mol. The Labute approximate surface area is 120 Å². The molecule has 5 heteroatoms. The molecule has 0 aromatic heterocycles. The largest absolute Gasteiger partial charge is 0.483 e. The van der Waals surface area contributed by atoms with E-state index < -0.39 is 0 Å². The molecule has 0 spiro atoms. The lowest BCUT2D eigenvalue weighted by atomic mass is 10.1. The van der Waals surface area contributed by atoms with Crippen molar-refractivity contribution in [2.24, 2.45) is 5.92 Å². The summed E-state index contributed by atoms with van der Waals surface area (Å²) in [5, 5.41) is 2.96. The maximum absolute atomic E-state index is 12.9. The Hall–Kier alpha value is -1.10. The van der Waals surface area contributed by atoms with E-state index in [1.807, 2.05) is 0 Å².